The summed E-state index contributed by atoms with van der Waals surface area (Å²) in [5.41, 5.74) is 2.27. The fourth-order valence-corrected chi connectivity index (χ4v) is 2.87. The first-order chi connectivity index (χ1) is 14.1. The van der Waals surface area contributed by atoms with E-state index < -0.39 is 16.9 Å². The maximum atomic E-state index is 12.8. The first-order valence-corrected chi connectivity index (χ1v) is 9.21. The molecule has 2 heterocycles. The zero-order valence-corrected chi connectivity index (χ0v) is 16.8. The van der Waals surface area contributed by atoms with Gasteiger partial charge in [0.05, 0.1) is 5.56 Å². The molecule has 0 radical (unpaired) electrons. The van der Waals surface area contributed by atoms with Crippen LogP contribution in [0, 0.1) is 0 Å². The minimum absolute atomic E-state index is 0.0121. The van der Waals surface area contributed by atoms with Gasteiger partial charge in [-0.3, -0.25) is 4.79 Å². The van der Waals surface area contributed by atoms with Crippen LogP contribution in [-0.2, 0) is 20.6 Å². The highest BCUT2D eigenvalue weighted by molar-refractivity contribution is 6.30. The van der Waals surface area contributed by atoms with Crippen molar-refractivity contribution in [2.24, 2.45) is 0 Å². The van der Waals surface area contributed by atoms with Gasteiger partial charge in [0, 0.05) is 25.6 Å². The predicted octanol–water partition coefficient (Wildman–Crippen LogP) is 4.93. The Labute approximate surface area is 175 Å². The molecule has 1 amide bonds. The molecule has 1 N–H and O–H groups in total. The fourth-order valence-electron chi connectivity index (χ4n) is 2.61. The van der Waals surface area contributed by atoms with Gasteiger partial charge in [-0.15, -0.1) is 0 Å². The molecule has 0 fully saturated rings. The molecule has 3 rings (SSSR count). The molecule has 11 heteroatoms. The van der Waals surface area contributed by atoms with Crippen molar-refractivity contribution < 1.29 is 27.6 Å². The van der Waals surface area contributed by atoms with Gasteiger partial charge in [-0.1, -0.05) is 29.8 Å². The summed E-state index contributed by atoms with van der Waals surface area (Å²) in [4.78, 5) is 28.4. The van der Waals surface area contributed by atoms with Crippen LogP contribution in [0.4, 0.5) is 24.7 Å². The monoisotopic (exact) mass is 442 g/mol. The number of rotatable bonds is 6. The Hall–Kier alpha value is -2.98. The number of aromatic nitrogens is 1. The average molecular weight is 443 g/mol. The predicted molar refractivity (Wildman–Crippen MR) is 104 cm³/mol. The molecule has 1 aromatic carbocycles. The van der Waals surface area contributed by atoms with Crippen LogP contribution in [0.5, 0.6) is 0 Å². The van der Waals surface area contributed by atoms with E-state index in [0.29, 0.717) is 11.5 Å². The van der Waals surface area contributed by atoms with Crippen LogP contribution in [0.25, 0.3) is 0 Å². The van der Waals surface area contributed by atoms with Gasteiger partial charge >= 0.3 is 6.18 Å². The highest BCUT2D eigenvalue weighted by atomic mass is 35.5. The Kier molecular flexibility index (Phi) is 6.37. The second kappa shape index (κ2) is 8.80. The highest BCUT2D eigenvalue weighted by Gasteiger charge is 2.34. The minimum atomic E-state index is -4.60. The topological polar surface area (TPSA) is 66.9 Å². The number of halogens is 4. The fraction of sp³-hybridized carbons (Fsp3) is 0.263. The minimum Gasteiger partial charge on any atom is -0.355 e. The van der Waals surface area contributed by atoms with Crippen LogP contribution in [-0.4, -0.2) is 23.3 Å². The molecule has 7 nitrogen and oxygen atoms in total. The number of alkyl halides is 3. The van der Waals surface area contributed by atoms with Crippen molar-refractivity contribution in [3.8, 4) is 0 Å². The van der Waals surface area contributed by atoms with Crippen molar-refractivity contribution in [2.45, 2.75) is 25.9 Å². The molecule has 30 heavy (non-hydrogen) atoms. The standard InChI is InChI=1S/C19H18ClF3N4O3/c1-12-15(9-11-17(28)26(2)13-6-4-3-5-7-13)30-27(29-12)25-16-10-8-14(18(20)24-16)19(21,22)23/h3-8,10H,9,11H2,1-2H3,(H,24,25). The van der Waals surface area contributed by atoms with Gasteiger partial charge in [-0.05, 0) is 31.2 Å². The number of benzene rings is 1. The van der Waals surface area contributed by atoms with Gasteiger partial charge < -0.3 is 14.6 Å². The van der Waals surface area contributed by atoms with Crippen LogP contribution < -0.4 is 10.3 Å². The molecule has 0 aliphatic carbocycles. The summed E-state index contributed by atoms with van der Waals surface area (Å²) in [6, 6.07) is 11.1. The summed E-state index contributed by atoms with van der Waals surface area (Å²) in [5.74, 6) is 0.667. The van der Waals surface area contributed by atoms with E-state index in [-0.39, 0.29) is 24.6 Å². The maximum Gasteiger partial charge on any atom is 0.419 e. The van der Waals surface area contributed by atoms with Crippen molar-refractivity contribution in [1.82, 2.24) is 10.3 Å². The molecule has 0 bridgehead atoms. The maximum absolute atomic E-state index is 12.8. The van der Waals surface area contributed by atoms with E-state index in [1.807, 2.05) is 30.3 Å². The normalized spacial score (nSPS) is 14.3. The first-order valence-electron chi connectivity index (χ1n) is 8.83. The van der Waals surface area contributed by atoms with Crippen LogP contribution >= 0.6 is 11.6 Å². The zero-order chi connectivity index (χ0) is 21.9. The first kappa shape index (κ1) is 21.7. The lowest BCUT2D eigenvalue weighted by Gasteiger charge is -2.18. The van der Waals surface area contributed by atoms with Gasteiger partial charge in [-0.25, -0.2) is 10.4 Å². The van der Waals surface area contributed by atoms with Crippen molar-refractivity contribution in [3.63, 3.8) is 0 Å². The summed E-state index contributed by atoms with van der Waals surface area (Å²) in [5, 5.41) is 0.133. The lowest BCUT2D eigenvalue weighted by atomic mass is 10.2. The van der Waals surface area contributed by atoms with Crippen molar-refractivity contribution in [3.05, 3.63) is 64.7 Å². The number of hydrogen-bond acceptors (Lipinski definition) is 6. The number of hydrogen-bond donors (Lipinski definition) is 1. The van der Waals surface area contributed by atoms with Gasteiger partial charge in [-0.2, -0.15) is 13.2 Å². The van der Waals surface area contributed by atoms with Crippen LogP contribution in [0.1, 0.15) is 25.3 Å². The van der Waals surface area contributed by atoms with E-state index in [2.05, 4.69) is 10.4 Å². The van der Waals surface area contributed by atoms with Crippen LogP contribution in [0.2, 0.25) is 5.15 Å². The lowest BCUT2D eigenvalue weighted by Crippen LogP contribution is -2.27. The van der Waals surface area contributed by atoms with E-state index >= 15 is 0 Å². The number of amides is 1. The summed E-state index contributed by atoms with van der Waals surface area (Å²) >= 11 is 5.60. The smallest absolute Gasteiger partial charge is 0.355 e. The number of para-hydroxylation sites is 1. The summed E-state index contributed by atoms with van der Waals surface area (Å²) < 4.78 is 38.3. The quantitative estimate of drug-likeness (QED) is 0.639. The number of carbonyl (C=O) groups excluding carboxylic acids is 1. The van der Waals surface area contributed by atoms with Gasteiger partial charge in [0.15, 0.2) is 11.5 Å². The van der Waals surface area contributed by atoms with Crippen molar-refractivity contribution in [2.75, 3.05) is 17.4 Å². The van der Waals surface area contributed by atoms with E-state index in [1.54, 1.807) is 14.0 Å². The number of hydrazine groups is 1. The van der Waals surface area contributed by atoms with E-state index in [1.165, 1.54) is 4.90 Å². The third-order valence-electron chi connectivity index (χ3n) is 4.25. The molecule has 1 aliphatic rings. The highest BCUT2D eigenvalue weighted by Crippen LogP contribution is 2.34. The van der Waals surface area contributed by atoms with E-state index in [0.717, 1.165) is 23.2 Å². The van der Waals surface area contributed by atoms with E-state index in [4.69, 9.17) is 21.3 Å². The Morgan fingerprint density at radius 3 is 2.53 bits per heavy atom. The summed E-state index contributed by atoms with van der Waals surface area (Å²) in [6.07, 6.45) is -4.17. The second-order valence-corrected chi connectivity index (χ2v) is 6.71. The number of anilines is 2. The molecule has 1 aromatic heterocycles. The van der Waals surface area contributed by atoms with Crippen LogP contribution in [0.15, 0.2) is 54.0 Å². The number of pyridine rings is 1. The number of nitrogens with one attached hydrogen (secondary N) is 1. The number of nitrogens with zero attached hydrogens (tertiary/aromatic N) is 3. The molecule has 0 saturated heterocycles. The van der Waals surface area contributed by atoms with E-state index in [9.17, 15) is 18.0 Å². The molecule has 2 aromatic rings. The summed E-state index contributed by atoms with van der Waals surface area (Å²) in [6.45, 7) is 1.63. The molecular weight excluding hydrogens is 425 g/mol. The third kappa shape index (κ3) is 5.14. The van der Waals surface area contributed by atoms with Crippen LogP contribution in [0.3, 0.4) is 0 Å². The van der Waals surface area contributed by atoms with Crippen molar-refractivity contribution >= 4 is 29.0 Å². The Morgan fingerprint density at radius 1 is 1.20 bits per heavy atom. The Morgan fingerprint density at radius 2 is 1.90 bits per heavy atom. The molecular formula is C19H18ClF3N4O3. The largest absolute Gasteiger partial charge is 0.419 e. The Bertz CT molecular complexity index is 954. The van der Waals surface area contributed by atoms with Gasteiger partial charge in [0.1, 0.15) is 16.3 Å². The zero-order valence-electron chi connectivity index (χ0n) is 16.0. The third-order valence-corrected chi connectivity index (χ3v) is 4.54. The second-order valence-electron chi connectivity index (χ2n) is 6.35. The molecule has 160 valence electrons. The molecule has 0 atom stereocenters. The molecule has 0 saturated carbocycles. The van der Waals surface area contributed by atoms with Gasteiger partial charge in [0.2, 0.25) is 5.91 Å². The van der Waals surface area contributed by atoms with Gasteiger partial charge in [0.25, 0.3) is 0 Å². The van der Waals surface area contributed by atoms with Crippen molar-refractivity contribution in [1.29, 1.82) is 0 Å². The molecule has 0 unspecified atom stereocenters. The summed E-state index contributed by atoms with van der Waals surface area (Å²) in [7, 11) is 1.68. The number of allylic oxidation sites excluding steroid dienone is 2. The lowest BCUT2D eigenvalue weighted by molar-refractivity contribution is -0.277. The number of carbonyl (C=O) groups is 1. The Balaban J connectivity index is 1.55. The molecule has 1 aliphatic heterocycles. The SMILES string of the molecule is CC1=C(CCC(=O)N(C)c2ccccc2)ON(Nc2ccc(C(F)(F)F)c(Cl)n2)O1. The average Bonchev–Trinajstić information content (AvgIpc) is 3.04. The molecule has 0 spiro atoms.